The van der Waals surface area contributed by atoms with Gasteiger partial charge in [-0.25, -0.2) is 4.39 Å². The monoisotopic (exact) mass is 408 g/mol. The van der Waals surface area contributed by atoms with Crippen molar-refractivity contribution in [2.75, 3.05) is 20.1 Å². The molecule has 0 saturated carbocycles. The molecule has 25 heavy (non-hydrogen) atoms. The third kappa shape index (κ3) is 3.80. The minimum absolute atomic E-state index is 0.160. The number of pyridine rings is 1. The van der Waals surface area contributed by atoms with E-state index in [0.717, 1.165) is 25.9 Å². The molecule has 3 rings (SSSR count). The summed E-state index contributed by atoms with van der Waals surface area (Å²) in [5.74, 6) is 0.470. The largest absolute Gasteiger partial charge is 0.450 e. The van der Waals surface area contributed by atoms with Gasteiger partial charge in [0, 0.05) is 12.2 Å². The second-order valence-electron chi connectivity index (χ2n) is 6.71. The molecule has 0 unspecified atom stereocenters. The SMILES string of the molecule is Cc1cc(F)cc(C)c1Oc1c(Br)ccn(C2CCN(C)CC2)c1=O. The Bertz CT molecular complexity index is 819. The number of piperidine rings is 1. The predicted octanol–water partition coefficient (Wildman–Crippen LogP) is 4.43. The van der Waals surface area contributed by atoms with Gasteiger partial charge in [-0.3, -0.25) is 4.79 Å². The molecule has 0 N–H and O–H groups in total. The van der Waals surface area contributed by atoms with Crippen molar-refractivity contribution in [1.29, 1.82) is 0 Å². The Labute approximate surface area is 155 Å². The molecule has 2 aromatic rings. The number of halogens is 2. The van der Waals surface area contributed by atoms with Crippen LogP contribution in [-0.4, -0.2) is 29.6 Å². The lowest BCUT2D eigenvalue weighted by atomic mass is 10.1. The van der Waals surface area contributed by atoms with Crippen LogP contribution in [0.25, 0.3) is 0 Å². The van der Waals surface area contributed by atoms with Gasteiger partial charge in [0.2, 0.25) is 5.75 Å². The zero-order chi connectivity index (χ0) is 18.1. The van der Waals surface area contributed by atoms with Crippen LogP contribution >= 0.6 is 15.9 Å². The summed E-state index contributed by atoms with van der Waals surface area (Å²) in [6.07, 6.45) is 3.69. The summed E-state index contributed by atoms with van der Waals surface area (Å²) in [6.45, 7) is 5.49. The molecule has 1 saturated heterocycles. The number of nitrogens with zero attached hydrogens (tertiary/aromatic N) is 2. The van der Waals surface area contributed by atoms with Gasteiger partial charge in [-0.2, -0.15) is 0 Å². The van der Waals surface area contributed by atoms with Crippen molar-refractivity contribution >= 4 is 15.9 Å². The fraction of sp³-hybridized carbons (Fsp3) is 0.421. The Hall–Kier alpha value is -1.66. The predicted molar refractivity (Wildman–Crippen MR) is 100 cm³/mol. The minimum Gasteiger partial charge on any atom is -0.450 e. The van der Waals surface area contributed by atoms with Crippen molar-refractivity contribution in [3.05, 3.63) is 56.2 Å². The summed E-state index contributed by atoms with van der Waals surface area (Å²) >= 11 is 3.42. The molecule has 0 atom stereocenters. The quantitative estimate of drug-likeness (QED) is 0.753. The lowest BCUT2D eigenvalue weighted by Gasteiger charge is -2.30. The van der Waals surface area contributed by atoms with E-state index in [0.29, 0.717) is 21.3 Å². The maximum Gasteiger partial charge on any atom is 0.294 e. The average molecular weight is 409 g/mol. The Morgan fingerprint density at radius 2 is 1.76 bits per heavy atom. The van der Waals surface area contributed by atoms with Gasteiger partial charge in [0.25, 0.3) is 5.56 Å². The number of hydrogen-bond donors (Lipinski definition) is 0. The van der Waals surface area contributed by atoms with E-state index in [4.69, 9.17) is 4.74 Å². The lowest BCUT2D eigenvalue weighted by Crippen LogP contribution is -2.35. The number of aromatic nitrogens is 1. The summed E-state index contributed by atoms with van der Waals surface area (Å²) in [5.41, 5.74) is 1.17. The molecular formula is C19H22BrFN2O2. The number of ether oxygens (including phenoxy) is 1. The van der Waals surface area contributed by atoms with Crippen molar-refractivity contribution in [3.8, 4) is 11.5 Å². The maximum absolute atomic E-state index is 13.5. The first kappa shape index (κ1) is 18.1. The molecule has 1 aliphatic heterocycles. The molecule has 0 bridgehead atoms. The minimum atomic E-state index is -0.307. The third-order valence-electron chi connectivity index (χ3n) is 4.74. The highest BCUT2D eigenvalue weighted by atomic mass is 79.9. The van der Waals surface area contributed by atoms with E-state index in [1.165, 1.54) is 12.1 Å². The molecule has 1 aromatic heterocycles. The van der Waals surface area contributed by atoms with Crippen molar-refractivity contribution in [2.45, 2.75) is 32.7 Å². The molecule has 1 fully saturated rings. The first-order chi connectivity index (χ1) is 11.9. The standard InChI is InChI=1S/C19H22BrFN2O2/c1-12-10-14(21)11-13(2)17(12)25-18-16(20)6-9-23(19(18)24)15-4-7-22(3)8-5-15/h6,9-11,15H,4-5,7-8H2,1-3H3. The van der Waals surface area contributed by atoms with Gasteiger partial charge in [0.05, 0.1) is 4.47 Å². The number of benzene rings is 1. The Kier molecular flexibility index (Phi) is 5.29. The lowest BCUT2D eigenvalue weighted by molar-refractivity contribution is 0.217. The molecular weight excluding hydrogens is 387 g/mol. The van der Waals surface area contributed by atoms with Crippen LogP contribution in [0.1, 0.15) is 30.0 Å². The summed E-state index contributed by atoms with van der Waals surface area (Å²) in [5, 5.41) is 0. The first-order valence-electron chi connectivity index (χ1n) is 8.40. The van der Waals surface area contributed by atoms with Crippen LogP contribution in [0.3, 0.4) is 0 Å². The smallest absolute Gasteiger partial charge is 0.294 e. The Morgan fingerprint density at radius 3 is 2.36 bits per heavy atom. The molecule has 4 nitrogen and oxygen atoms in total. The maximum atomic E-state index is 13.5. The van der Waals surface area contributed by atoms with E-state index in [-0.39, 0.29) is 23.2 Å². The highest BCUT2D eigenvalue weighted by Crippen LogP contribution is 2.32. The van der Waals surface area contributed by atoms with Gasteiger partial charge >= 0.3 is 0 Å². The Balaban J connectivity index is 1.97. The summed E-state index contributed by atoms with van der Waals surface area (Å²) in [6, 6.07) is 4.83. The van der Waals surface area contributed by atoms with Crippen LogP contribution in [0.5, 0.6) is 11.5 Å². The molecule has 0 amide bonds. The van der Waals surface area contributed by atoms with Crippen LogP contribution in [-0.2, 0) is 0 Å². The first-order valence-corrected chi connectivity index (χ1v) is 9.20. The van der Waals surface area contributed by atoms with E-state index >= 15 is 0 Å². The van der Waals surface area contributed by atoms with E-state index < -0.39 is 0 Å². The van der Waals surface area contributed by atoms with Crippen molar-refractivity contribution < 1.29 is 9.13 Å². The zero-order valence-electron chi connectivity index (χ0n) is 14.7. The summed E-state index contributed by atoms with van der Waals surface area (Å²) < 4.78 is 21.8. The van der Waals surface area contributed by atoms with E-state index in [9.17, 15) is 9.18 Å². The number of likely N-dealkylation sites (tertiary alicyclic amines) is 1. The van der Waals surface area contributed by atoms with Crippen LogP contribution < -0.4 is 10.3 Å². The van der Waals surface area contributed by atoms with Crippen LogP contribution in [0.15, 0.2) is 33.7 Å². The highest BCUT2D eigenvalue weighted by Gasteiger charge is 2.22. The molecule has 1 aliphatic rings. The highest BCUT2D eigenvalue weighted by molar-refractivity contribution is 9.10. The van der Waals surface area contributed by atoms with E-state index in [2.05, 4.69) is 27.9 Å². The molecule has 2 heterocycles. The average Bonchev–Trinajstić information content (AvgIpc) is 2.54. The van der Waals surface area contributed by atoms with Crippen LogP contribution in [0.4, 0.5) is 4.39 Å². The van der Waals surface area contributed by atoms with Gasteiger partial charge in [-0.05, 0) is 92.1 Å². The molecule has 0 aliphatic carbocycles. The van der Waals surface area contributed by atoms with Gasteiger partial charge in [0.15, 0.2) is 0 Å². The van der Waals surface area contributed by atoms with Gasteiger partial charge in [0.1, 0.15) is 11.6 Å². The van der Waals surface area contributed by atoms with Gasteiger partial charge in [-0.1, -0.05) is 0 Å². The molecule has 0 spiro atoms. The second kappa shape index (κ2) is 7.30. The third-order valence-corrected chi connectivity index (χ3v) is 5.36. The van der Waals surface area contributed by atoms with Gasteiger partial charge < -0.3 is 14.2 Å². The number of aryl methyl sites for hydroxylation is 2. The summed E-state index contributed by atoms with van der Waals surface area (Å²) in [7, 11) is 2.09. The van der Waals surface area contributed by atoms with Crippen molar-refractivity contribution in [1.82, 2.24) is 9.47 Å². The van der Waals surface area contributed by atoms with E-state index in [1.54, 1.807) is 18.4 Å². The topological polar surface area (TPSA) is 34.5 Å². The number of hydrogen-bond acceptors (Lipinski definition) is 3. The fourth-order valence-corrected chi connectivity index (χ4v) is 3.69. The Morgan fingerprint density at radius 1 is 1.16 bits per heavy atom. The molecule has 1 aromatic carbocycles. The van der Waals surface area contributed by atoms with E-state index in [1.807, 2.05) is 12.3 Å². The number of rotatable bonds is 3. The normalized spacial score (nSPS) is 16.2. The van der Waals surface area contributed by atoms with Crippen LogP contribution in [0, 0.1) is 19.7 Å². The molecule has 6 heteroatoms. The van der Waals surface area contributed by atoms with Crippen molar-refractivity contribution in [2.24, 2.45) is 0 Å². The zero-order valence-corrected chi connectivity index (χ0v) is 16.3. The van der Waals surface area contributed by atoms with Crippen LogP contribution in [0.2, 0.25) is 0 Å². The molecule has 0 radical (unpaired) electrons. The fourth-order valence-electron chi connectivity index (χ4n) is 3.32. The molecule has 134 valence electrons. The summed E-state index contributed by atoms with van der Waals surface area (Å²) in [4.78, 5) is 15.3. The second-order valence-corrected chi connectivity index (χ2v) is 7.56. The van der Waals surface area contributed by atoms with Crippen molar-refractivity contribution in [3.63, 3.8) is 0 Å². The van der Waals surface area contributed by atoms with Gasteiger partial charge in [-0.15, -0.1) is 0 Å².